The first-order valence-corrected chi connectivity index (χ1v) is 10.5. The number of aliphatic carboxylic acids is 1. The first kappa shape index (κ1) is 24.2. The van der Waals surface area contributed by atoms with Gasteiger partial charge in [0.15, 0.2) is 5.69 Å². The Hall–Kier alpha value is -3.46. The van der Waals surface area contributed by atoms with E-state index in [1.807, 2.05) is 0 Å². The van der Waals surface area contributed by atoms with Crippen LogP contribution in [0.25, 0.3) is 10.9 Å². The van der Waals surface area contributed by atoms with Gasteiger partial charge in [-0.15, -0.1) is 0 Å². The molecule has 0 bridgehead atoms. The Kier molecular flexibility index (Phi) is 7.02. The van der Waals surface area contributed by atoms with Crippen molar-refractivity contribution in [1.29, 1.82) is 0 Å². The number of aromatic nitrogens is 2. The standard InChI is InChI=1S/C23H24ClFN4O4/c1-23(2,3)20(22(33)26-11-17(30)31)27-21(32)18-15-5-4-6-16(24)19(15)29(28-18)12-13-7-9-14(25)10-8-13/h4-10,20H,11-12H2,1-3H3,(H,26,33)(H,27,32)(H,30,31)/t20-/m1/s1. The van der Waals surface area contributed by atoms with Crippen LogP contribution in [0.4, 0.5) is 4.39 Å². The van der Waals surface area contributed by atoms with Gasteiger partial charge in [0.25, 0.3) is 5.91 Å². The molecule has 0 radical (unpaired) electrons. The number of carbonyl (C=O) groups is 3. The van der Waals surface area contributed by atoms with Gasteiger partial charge in [0.2, 0.25) is 5.91 Å². The van der Waals surface area contributed by atoms with Crippen molar-refractivity contribution < 1.29 is 23.9 Å². The number of para-hydroxylation sites is 1. The quantitative estimate of drug-likeness (QED) is 0.486. The van der Waals surface area contributed by atoms with Gasteiger partial charge >= 0.3 is 5.97 Å². The summed E-state index contributed by atoms with van der Waals surface area (Å²) in [4.78, 5) is 36.6. The molecule has 2 amide bonds. The van der Waals surface area contributed by atoms with E-state index in [1.165, 1.54) is 12.1 Å². The number of hydrogen-bond acceptors (Lipinski definition) is 4. The average Bonchev–Trinajstić information content (AvgIpc) is 3.10. The summed E-state index contributed by atoms with van der Waals surface area (Å²) in [5, 5.41) is 19.1. The van der Waals surface area contributed by atoms with Crippen LogP contribution in [0.15, 0.2) is 42.5 Å². The van der Waals surface area contributed by atoms with E-state index in [2.05, 4.69) is 15.7 Å². The Morgan fingerprint density at radius 3 is 2.42 bits per heavy atom. The highest BCUT2D eigenvalue weighted by molar-refractivity contribution is 6.35. The highest BCUT2D eigenvalue weighted by Crippen LogP contribution is 2.28. The summed E-state index contributed by atoms with van der Waals surface area (Å²) in [5.74, 6) is -2.78. The normalized spacial score (nSPS) is 12.4. The molecule has 3 aromatic rings. The molecule has 0 unspecified atom stereocenters. The molecule has 174 valence electrons. The lowest BCUT2D eigenvalue weighted by Gasteiger charge is -2.30. The Balaban J connectivity index is 1.95. The number of carbonyl (C=O) groups excluding carboxylic acids is 2. The number of carboxylic acid groups (broad SMARTS) is 1. The van der Waals surface area contributed by atoms with E-state index in [-0.39, 0.29) is 18.1 Å². The van der Waals surface area contributed by atoms with Crippen molar-refractivity contribution in [2.24, 2.45) is 5.41 Å². The number of nitrogens with zero attached hydrogens (tertiary/aromatic N) is 2. The second-order valence-electron chi connectivity index (χ2n) is 8.65. The van der Waals surface area contributed by atoms with Crippen molar-refractivity contribution in [2.75, 3.05) is 6.54 Å². The number of carboxylic acids is 1. The van der Waals surface area contributed by atoms with Crippen molar-refractivity contribution >= 4 is 40.3 Å². The third kappa shape index (κ3) is 5.67. The lowest BCUT2D eigenvalue weighted by molar-refractivity contribution is -0.138. The zero-order chi connectivity index (χ0) is 24.3. The molecular formula is C23H24ClFN4O4. The number of fused-ring (bicyclic) bond motifs is 1. The molecule has 3 rings (SSSR count). The van der Waals surface area contributed by atoms with Gasteiger partial charge in [-0.25, -0.2) is 4.39 Å². The van der Waals surface area contributed by atoms with E-state index < -0.39 is 35.8 Å². The van der Waals surface area contributed by atoms with Gasteiger partial charge < -0.3 is 15.7 Å². The Bertz CT molecular complexity index is 1200. The van der Waals surface area contributed by atoms with Crippen LogP contribution in [0.5, 0.6) is 0 Å². The van der Waals surface area contributed by atoms with E-state index in [4.69, 9.17) is 16.7 Å². The summed E-state index contributed by atoms with van der Waals surface area (Å²) < 4.78 is 14.8. The molecule has 0 aliphatic carbocycles. The van der Waals surface area contributed by atoms with Gasteiger partial charge in [0, 0.05) is 5.39 Å². The van der Waals surface area contributed by atoms with Crippen molar-refractivity contribution in [2.45, 2.75) is 33.4 Å². The first-order valence-electron chi connectivity index (χ1n) is 10.2. The fourth-order valence-electron chi connectivity index (χ4n) is 3.38. The molecule has 3 N–H and O–H groups in total. The monoisotopic (exact) mass is 474 g/mol. The number of hydrogen-bond donors (Lipinski definition) is 3. The smallest absolute Gasteiger partial charge is 0.322 e. The number of rotatable bonds is 7. The first-order chi connectivity index (χ1) is 15.5. The van der Waals surface area contributed by atoms with Gasteiger partial charge in [-0.1, -0.05) is 56.6 Å². The van der Waals surface area contributed by atoms with Crippen LogP contribution in [0.3, 0.4) is 0 Å². The molecule has 0 fully saturated rings. The van der Waals surface area contributed by atoms with E-state index >= 15 is 0 Å². The molecule has 0 saturated carbocycles. The second-order valence-corrected chi connectivity index (χ2v) is 9.06. The molecule has 8 nitrogen and oxygen atoms in total. The molecule has 0 spiro atoms. The van der Waals surface area contributed by atoms with E-state index in [9.17, 15) is 18.8 Å². The van der Waals surface area contributed by atoms with Crippen LogP contribution in [0, 0.1) is 11.2 Å². The van der Waals surface area contributed by atoms with Gasteiger partial charge in [-0.2, -0.15) is 5.10 Å². The number of amides is 2. The third-order valence-electron chi connectivity index (χ3n) is 5.00. The van der Waals surface area contributed by atoms with Crippen molar-refractivity contribution in [3.05, 3.63) is 64.6 Å². The fraction of sp³-hybridized carbons (Fsp3) is 0.304. The fourth-order valence-corrected chi connectivity index (χ4v) is 3.65. The van der Waals surface area contributed by atoms with Crippen LogP contribution in [0.2, 0.25) is 5.02 Å². The molecule has 1 atom stereocenters. The predicted octanol–water partition coefficient (Wildman–Crippen LogP) is 3.22. The zero-order valence-electron chi connectivity index (χ0n) is 18.4. The maximum atomic E-state index is 13.3. The summed E-state index contributed by atoms with van der Waals surface area (Å²) >= 11 is 6.40. The van der Waals surface area contributed by atoms with Crippen LogP contribution in [-0.4, -0.2) is 45.3 Å². The molecule has 0 aliphatic rings. The largest absolute Gasteiger partial charge is 0.480 e. The molecule has 10 heteroatoms. The van der Waals surface area contributed by atoms with E-state index in [0.717, 1.165) is 5.56 Å². The van der Waals surface area contributed by atoms with Crippen molar-refractivity contribution in [3.63, 3.8) is 0 Å². The second kappa shape index (κ2) is 9.58. The number of halogens is 2. The van der Waals surface area contributed by atoms with Gasteiger partial charge in [-0.3, -0.25) is 19.1 Å². The highest BCUT2D eigenvalue weighted by atomic mass is 35.5. The van der Waals surface area contributed by atoms with Gasteiger partial charge in [0.1, 0.15) is 18.4 Å². The average molecular weight is 475 g/mol. The molecule has 2 aromatic carbocycles. The maximum absolute atomic E-state index is 13.3. The minimum atomic E-state index is -1.19. The SMILES string of the molecule is CC(C)(C)[C@H](NC(=O)c1nn(Cc2ccc(F)cc2)c2c(Cl)cccc12)C(=O)NCC(=O)O. The zero-order valence-corrected chi connectivity index (χ0v) is 19.1. The molecule has 33 heavy (non-hydrogen) atoms. The minimum absolute atomic E-state index is 0.0647. The predicted molar refractivity (Wildman–Crippen MR) is 122 cm³/mol. The Morgan fingerprint density at radius 1 is 1.15 bits per heavy atom. The van der Waals surface area contributed by atoms with Crippen molar-refractivity contribution in [3.8, 4) is 0 Å². The van der Waals surface area contributed by atoms with Crippen molar-refractivity contribution in [1.82, 2.24) is 20.4 Å². The molecule has 1 heterocycles. The van der Waals surface area contributed by atoms with E-state index in [1.54, 1.807) is 55.8 Å². The lowest BCUT2D eigenvalue weighted by atomic mass is 9.86. The third-order valence-corrected chi connectivity index (χ3v) is 5.30. The lowest BCUT2D eigenvalue weighted by Crippen LogP contribution is -2.54. The summed E-state index contributed by atoms with van der Waals surface area (Å²) in [6.45, 7) is 4.93. The molecule has 1 aromatic heterocycles. The number of nitrogens with one attached hydrogen (secondary N) is 2. The summed E-state index contributed by atoms with van der Waals surface area (Å²) in [6.07, 6.45) is 0. The molecule has 0 aliphatic heterocycles. The van der Waals surface area contributed by atoms with Crippen LogP contribution in [-0.2, 0) is 16.1 Å². The highest BCUT2D eigenvalue weighted by Gasteiger charge is 2.34. The van der Waals surface area contributed by atoms with Crippen LogP contribution in [0.1, 0.15) is 36.8 Å². The summed E-state index contributed by atoms with van der Waals surface area (Å²) in [6, 6.07) is 9.93. The minimum Gasteiger partial charge on any atom is -0.480 e. The summed E-state index contributed by atoms with van der Waals surface area (Å²) in [5.41, 5.74) is 0.641. The van der Waals surface area contributed by atoms with Crippen LogP contribution >= 0.6 is 11.6 Å². The van der Waals surface area contributed by atoms with E-state index in [0.29, 0.717) is 15.9 Å². The summed E-state index contributed by atoms with van der Waals surface area (Å²) in [7, 11) is 0. The Labute approximate surface area is 194 Å². The van der Waals surface area contributed by atoms with Gasteiger partial charge in [-0.05, 0) is 29.2 Å². The maximum Gasteiger partial charge on any atom is 0.322 e. The Morgan fingerprint density at radius 2 is 1.82 bits per heavy atom. The topological polar surface area (TPSA) is 113 Å². The molecular weight excluding hydrogens is 451 g/mol. The molecule has 0 saturated heterocycles. The van der Waals surface area contributed by atoms with Crippen LogP contribution < -0.4 is 10.6 Å². The van der Waals surface area contributed by atoms with Gasteiger partial charge in [0.05, 0.1) is 17.1 Å². The number of benzene rings is 2.